The number of amides is 1. The van der Waals surface area contributed by atoms with Gasteiger partial charge in [0.25, 0.3) is 0 Å². The Bertz CT molecular complexity index is 1240. The van der Waals surface area contributed by atoms with Crippen LogP contribution in [0.2, 0.25) is 0 Å². The predicted molar refractivity (Wildman–Crippen MR) is 120 cm³/mol. The lowest BCUT2D eigenvalue weighted by Gasteiger charge is -2.10. The molecule has 2 aromatic carbocycles. The highest BCUT2D eigenvalue weighted by molar-refractivity contribution is 5.85. The third-order valence-corrected chi connectivity index (χ3v) is 4.89. The maximum absolute atomic E-state index is 14.8. The average Bonchev–Trinajstić information content (AvgIpc) is 3.16. The molecule has 4 aromatic rings. The van der Waals surface area contributed by atoms with Crippen molar-refractivity contribution in [2.75, 3.05) is 17.7 Å². The van der Waals surface area contributed by atoms with E-state index in [1.807, 2.05) is 37.3 Å². The summed E-state index contributed by atoms with van der Waals surface area (Å²) in [6, 6.07) is 14.7. The zero-order chi connectivity index (χ0) is 21.8. The minimum absolute atomic E-state index is 0.000640. The van der Waals surface area contributed by atoms with E-state index in [0.717, 1.165) is 22.5 Å². The molecule has 0 saturated carbocycles. The van der Waals surface area contributed by atoms with Crippen LogP contribution in [0.3, 0.4) is 0 Å². The smallest absolute Gasteiger partial charge is 0.229 e. The number of fused-ring (bicyclic) bond motifs is 1. The van der Waals surface area contributed by atoms with Gasteiger partial charge in [-0.25, -0.2) is 9.37 Å². The monoisotopic (exact) mass is 418 g/mol. The van der Waals surface area contributed by atoms with Crippen molar-refractivity contribution in [3.63, 3.8) is 0 Å². The second-order valence-corrected chi connectivity index (χ2v) is 7.23. The van der Waals surface area contributed by atoms with Crippen molar-refractivity contribution in [1.29, 1.82) is 0 Å². The summed E-state index contributed by atoms with van der Waals surface area (Å²) in [5, 5.41) is 9.34. The van der Waals surface area contributed by atoms with E-state index >= 15 is 0 Å². The first kappa shape index (κ1) is 20.3. The molecule has 0 fully saturated rings. The number of carbonyl (C=O) groups excluding carboxylic acids is 1. The second-order valence-electron chi connectivity index (χ2n) is 7.23. The minimum atomic E-state index is -0.334. The molecule has 1 amide bonds. The first-order chi connectivity index (χ1) is 15.0. The number of carbonyl (C=O) groups is 1. The van der Waals surface area contributed by atoms with E-state index in [9.17, 15) is 9.18 Å². The summed E-state index contributed by atoms with van der Waals surface area (Å²) in [5.74, 6) is 0.519. The number of halogens is 1. The Balaban J connectivity index is 1.49. The van der Waals surface area contributed by atoms with Crippen molar-refractivity contribution in [3.8, 4) is 0 Å². The molecule has 0 atom stereocenters. The van der Waals surface area contributed by atoms with E-state index in [2.05, 4.69) is 30.9 Å². The summed E-state index contributed by atoms with van der Waals surface area (Å²) in [5.41, 5.74) is 3.83. The zero-order valence-electron chi connectivity index (χ0n) is 17.3. The van der Waals surface area contributed by atoms with Gasteiger partial charge >= 0.3 is 0 Å². The van der Waals surface area contributed by atoms with Gasteiger partial charge in [-0.1, -0.05) is 12.1 Å². The molecular formula is C23H23FN6O. The highest BCUT2D eigenvalue weighted by Crippen LogP contribution is 2.27. The van der Waals surface area contributed by atoms with Crippen molar-refractivity contribution in [2.45, 2.75) is 19.8 Å². The van der Waals surface area contributed by atoms with Crippen molar-refractivity contribution >= 4 is 40.0 Å². The summed E-state index contributed by atoms with van der Waals surface area (Å²) >= 11 is 0. The first-order valence-electron chi connectivity index (χ1n) is 9.96. The van der Waals surface area contributed by atoms with Gasteiger partial charge in [-0.15, -0.1) is 0 Å². The summed E-state index contributed by atoms with van der Waals surface area (Å²) in [4.78, 5) is 23.3. The van der Waals surface area contributed by atoms with Gasteiger partial charge in [0.1, 0.15) is 5.82 Å². The van der Waals surface area contributed by atoms with E-state index in [0.29, 0.717) is 35.7 Å². The molecule has 0 aliphatic rings. The highest BCUT2D eigenvalue weighted by atomic mass is 19.1. The summed E-state index contributed by atoms with van der Waals surface area (Å²) in [6.45, 7) is 1.89. The minimum Gasteiger partial charge on any atom is -0.359 e. The SMILES string of the molecule is CNC(=O)CCc1cccc(Nc2nccc(Nc3ccc4[nH]c(C)cc4c3F)n2)c1. The number of hydrogen-bond donors (Lipinski definition) is 4. The van der Waals surface area contributed by atoms with Crippen LogP contribution in [0.5, 0.6) is 0 Å². The average molecular weight is 418 g/mol. The van der Waals surface area contributed by atoms with Gasteiger partial charge < -0.3 is 20.9 Å². The number of nitrogens with zero attached hydrogens (tertiary/aromatic N) is 2. The highest BCUT2D eigenvalue weighted by Gasteiger charge is 2.11. The lowest BCUT2D eigenvalue weighted by Crippen LogP contribution is -2.17. The molecule has 4 rings (SSSR count). The molecule has 0 aliphatic heterocycles. The van der Waals surface area contributed by atoms with Crippen LogP contribution < -0.4 is 16.0 Å². The van der Waals surface area contributed by atoms with E-state index in [4.69, 9.17) is 0 Å². The fourth-order valence-corrected chi connectivity index (χ4v) is 3.35. The zero-order valence-corrected chi connectivity index (χ0v) is 17.3. The number of anilines is 4. The van der Waals surface area contributed by atoms with Crippen molar-refractivity contribution in [3.05, 3.63) is 71.8 Å². The summed E-state index contributed by atoms with van der Waals surface area (Å²) < 4.78 is 14.8. The number of hydrogen-bond acceptors (Lipinski definition) is 5. The third kappa shape index (κ3) is 4.80. The van der Waals surface area contributed by atoms with Crippen LogP contribution in [-0.2, 0) is 11.2 Å². The third-order valence-electron chi connectivity index (χ3n) is 4.89. The number of nitrogens with one attached hydrogen (secondary N) is 4. The Kier molecular flexibility index (Phi) is 5.79. The molecule has 2 heterocycles. The molecule has 0 spiro atoms. The van der Waals surface area contributed by atoms with E-state index in [1.54, 1.807) is 31.4 Å². The maximum atomic E-state index is 14.8. The number of aromatic amines is 1. The number of aryl methyl sites for hydroxylation is 2. The Morgan fingerprint density at radius 2 is 2.00 bits per heavy atom. The van der Waals surface area contributed by atoms with Crippen LogP contribution in [0.4, 0.5) is 27.5 Å². The quantitative estimate of drug-likeness (QED) is 0.353. The van der Waals surface area contributed by atoms with Gasteiger partial charge in [-0.2, -0.15) is 4.98 Å². The number of benzene rings is 2. The molecule has 158 valence electrons. The molecule has 0 bridgehead atoms. The molecule has 0 unspecified atom stereocenters. The largest absolute Gasteiger partial charge is 0.359 e. The fourth-order valence-electron chi connectivity index (χ4n) is 3.35. The van der Waals surface area contributed by atoms with E-state index < -0.39 is 0 Å². The molecule has 0 aliphatic carbocycles. The van der Waals surface area contributed by atoms with Crippen molar-refractivity contribution in [2.24, 2.45) is 0 Å². The van der Waals surface area contributed by atoms with Gasteiger partial charge in [-0.05, 0) is 55.3 Å². The summed E-state index contributed by atoms with van der Waals surface area (Å²) in [7, 11) is 1.63. The van der Waals surface area contributed by atoms with Crippen LogP contribution in [-0.4, -0.2) is 27.9 Å². The molecule has 0 saturated heterocycles. The Hall–Kier alpha value is -3.94. The topological polar surface area (TPSA) is 94.7 Å². The van der Waals surface area contributed by atoms with E-state index in [-0.39, 0.29) is 11.7 Å². The Labute approximate surface area is 179 Å². The molecule has 31 heavy (non-hydrogen) atoms. The Morgan fingerprint density at radius 1 is 1.13 bits per heavy atom. The normalized spacial score (nSPS) is 10.8. The second kappa shape index (κ2) is 8.83. The van der Waals surface area contributed by atoms with Crippen molar-refractivity contribution < 1.29 is 9.18 Å². The number of rotatable bonds is 7. The standard InChI is InChI=1S/C23H23FN6O/c1-14-12-17-18(27-14)7-8-19(22(17)24)29-20-10-11-26-23(30-20)28-16-5-3-4-15(13-16)6-9-21(31)25-2/h3-5,7-8,10-13,27H,6,9H2,1-2H3,(H,25,31)(H2,26,28,29,30). The van der Waals surface area contributed by atoms with Gasteiger partial charge in [0.05, 0.1) is 5.69 Å². The summed E-state index contributed by atoms with van der Waals surface area (Å²) in [6.07, 6.45) is 2.66. The van der Waals surface area contributed by atoms with Gasteiger partial charge in [0.2, 0.25) is 11.9 Å². The fraction of sp³-hybridized carbons (Fsp3) is 0.174. The number of H-pyrrole nitrogens is 1. The maximum Gasteiger partial charge on any atom is 0.229 e. The van der Waals surface area contributed by atoms with Crippen LogP contribution in [0.25, 0.3) is 10.9 Å². The molecule has 8 heteroatoms. The predicted octanol–water partition coefficient (Wildman–Crippen LogP) is 4.57. The molecule has 7 nitrogen and oxygen atoms in total. The van der Waals surface area contributed by atoms with Gasteiger partial charge in [0.15, 0.2) is 5.82 Å². The van der Waals surface area contributed by atoms with E-state index in [1.165, 1.54) is 0 Å². The molecule has 2 aromatic heterocycles. The molecule has 4 N–H and O–H groups in total. The first-order valence-corrected chi connectivity index (χ1v) is 9.96. The number of aromatic nitrogens is 3. The molecular weight excluding hydrogens is 395 g/mol. The van der Waals surface area contributed by atoms with Crippen LogP contribution >= 0.6 is 0 Å². The van der Waals surface area contributed by atoms with Gasteiger partial charge in [0, 0.05) is 41.9 Å². The lowest BCUT2D eigenvalue weighted by atomic mass is 10.1. The lowest BCUT2D eigenvalue weighted by molar-refractivity contribution is -0.120. The van der Waals surface area contributed by atoms with Crippen LogP contribution in [0.15, 0.2) is 54.7 Å². The molecule has 0 radical (unpaired) electrons. The van der Waals surface area contributed by atoms with Crippen molar-refractivity contribution in [1.82, 2.24) is 20.3 Å². The van der Waals surface area contributed by atoms with Crippen LogP contribution in [0.1, 0.15) is 17.7 Å². The van der Waals surface area contributed by atoms with Crippen LogP contribution in [0, 0.1) is 12.7 Å². The van der Waals surface area contributed by atoms with Gasteiger partial charge in [-0.3, -0.25) is 4.79 Å². The Morgan fingerprint density at radius 3 is 2.84 bits per heavy atom.